The van der Waals surface area contributed by atoms with Crippen molar-refractivity contribution in [3.05, 3.63) is 29.8 Å². The highest BCUT2D eigenvalue weighted by molar-refractivity contribution is 5.89. The second-order valence-electron chi connectivity index (χ2n) is 2.99. The lowest BCUT2D eigenvalue weighted by Gasteiger charge is -2.05. The molecule has 0 spiro atoms. The van der Waals surface area contributed by atoms with Gasteiger partial charge in [-0.2, -0.15) is 5.26 Å². The van der Waals surface area contributed by atoms with Crippen molar-refractivity contribution in [1.29, 1.82) is 5.26 Å². The van der Waals surface area contributed by atoms with Gasteiger partial charge in [0.2, 0.25) is 5.88 Å². The molecule has 1 aromatic carbocycles. The molecular formula is C11H10N2O2. The first-order valence-electron chi connectivity index (χ1n) is 4.45. The number of methoxy groups -OCH3 is 1. The standard InChI is InChI=1S/C11H10N2O2/c1-14-11-9(7-12)8-5-3-4-6-10(8)13(11)15-2/h3-6H,1-2H3. The lowest BCUT2D eigenvalue weighted by Crippen LogP contribution is -2.07. The van der Waals surface area contributed by atoms with Crippen molar-refractivity contribution in [1.82, 2.24) is 4.73 Å². The van der Waals surface area contributed by atoms with Crippen LogP contribution in [0.3, 0.4) is 0 Å². The molecule has 0 aliphatic heterocycles. The number of rotatable bonds is 2. The Kier molecular flexibility index (Phi) is 2.22. The second kappa shape index (κ2) is 3.54. The lowest BCUT2D eigenvalue weighted by atomic mass is 10.2. The normalized spacial score (nSPS) is 9.93. The van der Waals surface area contributed by atoms with E-state index in [2.05, 4.69) is 6.07 Å². The number of aromatic nitrogens is 1. The summed E-state index contributed by atoms with van der Waals surface area (Å²) < 4.78 is 6.67. The van der Waals surface area contributed by atoms with E-state index in [1.165, 1.54) is 19.0 Å². The quantitative estimate of drug-likeness (QED) is 0.742. The van der Waals surface area contributed by atoms with Crippen molar-refractivity contribution < 1.29 is 9.57 Å². The SMILES string of the molecule is COc1c(C#N)c2ccccc2n1OC. The average Bonchev–Trinajstić information content (AvgIpc) is 2.61. The predicted octanol–water partition coefficient (Wildman–Crippen LogP) is 1.58. The van der Waals surface area contributed by atoms with E-state index in [9.17, 15) is 0 Å². The number of para-hydroxylation sites is 1. The Hall–Kier alpha value is -2.15. The fourth-order valence-electron chi connectivity index (χ4n) is 1.66. The van der Waals surface area contributed by atoms with Crippen LogP contribution in [0.15, 0.2) is 24.3 Å². The maximum atomic E-state index is 9.06. The summed E-state index contributed by atoms with van der Waals surface area (Å²) in [7, 11) is 3.06. The van der Waals surface area contributed by atoms with Gasteiger partial charge >= 0.3 is 0 Å². The summed E-state index contributed by atoms with van der Waals surface area (Å²) in [6.07, 6.45) is 0. The molecule has 0 aliphatic carbocycles. The molecule has 0 saturated heterocycles. The summed E-state index contributed by atoms with van der Waals surface area (Å²) in [5.41, 5.74) is 1.32. The Morgan fingerprint density at radius 2 is 2.00 bits per heavy atom. The molecule has 76 valence electrons. The van der Waals surface area contributed by atoms with Crippen LogP contribution in [0, 0.1) is 11.3 Å². The number of fused-ring (bicyclic) bond motifs is 1. The Bertz CT molecular complexity index is 537. The highest BCUT2D eigenvalue weighted by Crippen LogP contribution is 2.29. The van der Waals surface area contributed by atoms with Gasteiger partial charge in [0, 0.05) is 5.39 Å². The van der Waals surface area contributed by atoms with Gasteiger partial charge in [-0.3, -0.25) is 0 Å². The van der Waals surface area contributed by atoms with Gasteiger partial charge in [0.05, 0.1) is 12.6 Å². The molecule has 4 nitrogen and oxygen atoms in total. The first-order valence-corrected chi connectivity index (χ1v) is 4.45. The Balaban J connectivity index is 2.90. The first kappa shape index (κ1) is 9.41. The number of nitriles is 1. The monoisotopic (exact) mass is 202 g/mol. The van der Waals surface area contributed by atoms with E-state index in [4.69, 9.17) is 14.8 Å². The van der Waals surface area contributed by atoms with Crippen molar-refractivity contribution in [3.8, 4) is 11.9 Å². The Morgan fingerprint density at radius 3 is 2.60 bits per heavy atom. The van der Waals surface area contributed by atoms with Crippen LogP contribution in [0.5, 0.6) is 5.88 Å². The predicted molar refractivity (Wildman–Crippen MR) is 55.7 cm³/mol. The number of hydrogen-bond donors (Lipinski definition) is 0. The molecular weight excluding hydrogens is 192 g/mol. The van der Waals surface area contributed by atoms with Crippen LogP contribution in [0.2, 0.25) is 0 Å². The van der Waals surface area contributed by atoms with E-state index in [0.717, 1.165) is 10.9 Å². The Labute approximate surface area is 87.2 Å². The van der Waals surface area contributed by atoms with Gasteiger partial charge in [0.15, 0.2) is 0 Å². The summed E-state index contributed by atoms with van der Waals surface area (Å²) in [6.45, 7) is 0. The molecule has 4 heteroatoms. The van der Waals surface area contributed by atoms with Crippen LogP contribution in [0.25, 0.3) is 10.9 Å². The molecule has 0 amide bonds. The van der Waals surface area contributed by atoms with E-state index < -0.39 is 0 Å². The zero-order valence-electron chi connectivity index (χ0n) is 8.52. The van der Waals surface area contributed by atoms with Crippen LogP contribution in [0.4, 0.5) is 0 Å². The number of ether oxygens (including phenoxy) is 1. The molecule has 0 aliphatic rings. The molecule has 0 N–H and O–H groups in total. The van der Waals surface area contributed by atoms with Crippen LogP contribution in [0.1, 0.15) is 5.56 Å². The van der Waals surface area contributed by atoms with Crippen molar-refractivity contribution in [3.63, 3.8) is 0 Å². The van der Waals surface area contributed by atoms with Crippen LogP contribution in [-0.2, 0) is 0 Å². The largest absolute Gasteiger partial charge is 0.479 e. The third kappa shape index (κ3) is 1.21. The molecule has 0 radical (unpaired) electrons. The van der Waals surface area contributed by atoms with Gasteiger partial charge in [-0.15, -0.1) is 4.73 Å². The number of benzene rings is 1. The first-order chi connectivity index (χ1) is 7.33. The molecule has 0 saturated carbocycles. The van der Waals surface area contributed by atoms with Crippen LogP contribution in [-0.4, -0.2) is 19.0 Å². The zero-order valence-corrected chi connectivity index (χ0v) is 8.52. The molecule has 1 aromatic heterocycles. The molecule has 2 aromatic rings. The summed E-state index contributed by atoms with van der Waals surface area (Å²) in [5.74, 6) is 0.432. The number of nitrogens with zero attached hydrogens (tertiary/aromatic N) is 2. The van der Waals surface area contributed by atoms with Gasteiger partial charge < -0.3 is 9.57 Å². The van der Waals surface area contributed by atoms with Gasteiger partial charge in [-0.05, 0) is 6.07 Å². The van der Waals surface area contributed by atoms with Crippen molar-refractivity contribution in [2.24, 2.45) is 0 Å². The van der Waals surface area contributed by atoms with Gasteiger partial charge in [0.1, 0.15) is 18.7 Å². The lowest BCUT2D eigenvalue weighted by molar-refractivity contribution is 0.150. The summed E-state index contributed by atoms with van der Waals surface area (Å²) >= 11 is 0. The minimum atomic E-state index is 0.432. The summed E-state index contributed by atoms with van der Waals surface area (Å²) in [5, 5.41) is 9.89. The molecule has 15 heavy (non-hydrogen) atoms. The second-order valence-corrected chi connectivity index (χ2v) is 2.99. The molecule has 0 fully saturated rings. The van der Waals surface area contributed by atoms with Gasteiger partial charge in [-0.1, -0.05) is 18.2 Å². The third-order valence-corrected chi connectivity index (χ3v) is 2.28. The zero-order chi connectivity index (χ0) is 10.8. The molecule has 2 rings (SSSR count). The van der Waals surface area contributed by atoms with E-state index in [-0.39, 0.29) is 0 Å². The van der Waals surface area contributed by atoms with Crippen molar-refractivity contribution >= 4 is 10.9 Å². The summed E-state index contributed by atoms with van der Waals surface area (Å²) in [4.78, 5) is 5.17. The smallest absolute Gasteiger partial charge is 0.246 e. The van der Waals surface area contributed by atoms with Crippen molar-refractivity contribution in [2.75, 3.05) is 14.2 Å². The number of hydrogen-bond acceptors (Lipinski definition) is 3. The van der Waals surface area contributed by atoms with E-state index in [0.29, 0.717) is 11.4 Å². The van der Waals surface area contributed by atoms with E-state index in [1.54, 1.807) is 0 Å². The Morgan fingerprint density at radius 1 is 1.27 bits per heavy atom. The highest BCUT2D eigenvalue weighted by atomic mass is 16.7. The topological polar surface area (TPSA) is 47.2 Å². The maximum Gasteiger partial charge on any atom is 0.246 e. The van der Waals surface area contributed by atoms with Gasteiger partial charge in [-0.25, -0.2) is 0 Å². The fraction of sp³-hybridized carbons (Fsp3) is 0.182. The molecule has 0 unspecified atom stereocenters. The maximum absolute atomic E-state index is 9.06. The van der Waals surface area contributed by atoms with E-state index >= 15 is 0 Å². The summed E-state index contributed by atoms with van der Waals surface area (Å²) in [6, 6.07) is 9.63. The van der Waals surface area contributed by atoms with Crippen LogP contribution < -0.4 is 9.57 Å². The van der Waals surface area contributed by atoms with Crippen molar-refractivity contribution in [2.45, 2.75) is 0 Å². The minimum absolute atomic E-state index is 0.432. The minimum Gasteiger partial charge on any atom is -0.479 e. The van der Waals surface area contributed by atoms with E-state index in [1.807, 2.05) is 24.3 Å². The van der Waals surface area contributed by atoms with Crippen LogP contribution >= 0.6 is 0 Å². The molecule has 1 heterocycles. The van der Waals surface area contributed by atoms with Gasteiger partial charge in [0.25, 0.3) is 0 Å². The highest BCUT2D eigenvalue weighted by Gasteiger charge is 2.17. The molecule has 0 bridgehead atoms. The average molecular weight is 202 g/mol. The third-order valence-electron chi connectivity index (χ3n) is 2.28. The fourth-order valence-corrected chi connectivity index (χ4v) is 1.66. The molecule has 0 atom stereocenters.